The van der Waals surface area contributed by atoms with Gasteiger partial charge in [-0.05, 0) is 24.5 Å². The van der Waals surface area contributed by atoms with Crippen molar-refractivity contribution in [2.75, 3.05) is 0 Å². The lowest BCUT2D eigenvalue weighted by molar-refractivity contribution is 0.610. The Bertz CT molecular complexity index is 248. The van der Waals surface area contributed by atoms with Gasteiger partial charge in [-0.2, -0.15) is 0 Å². The van der Waals surface area contributed by atoms with Crippen LogP contribution in [-0.2, 0) is 20.0 Å². The van der Waals surface area contributed by atoms with Gasteiger partial charge >= 0.3 is 0 Å². The molecule has 0 spiro atoms. The second kappa shape index (κ2) is 3.76. The molecule has 1 heterocycles. The molecule has 0 atom stereocenters. The van der Waals surface area contributed by atoms with Crippen LogP contribution in [0.4, 0.5) is 0 Å². The molecule has 1 aromatic heterocycles. The number of aromatic nitrogens is 1. The fourth-order valence-electron chi connectivity index (χ4n) is 1.43. The summed E-state index contributed by atoms with van der Waals surface area (Å²) in [7, 11) is 2.08. The summed E-state index contributed by atoms with van der Waals surface area (Å²) in [5.41, 5.74) is 8.17. The van der Waals surface area contributed by atoms with Crippen LogP contribution < -0.4 is 5.73 Å². The third-order valence-electron chi connectivity index (χ3n) is 2.16. The predicted molar refractivity (Wildman–Crippen MR) is 51.8 cm³/mol. The monoisotopic (exact) mass is 166 g/mol. The Hall–Kier alpha value is -0.760. The predicted octanol–water partition coefficient (Wildman–Crippen LogP) is 1.68. The molecule has 0 aliphatic heterocycles. The molecule has 2 heteroatoms. The Morgan fingerprint density at radius 2 is 1.92 bits per heavy atom. The van der Waals surface area contributed by atoms with E-state index >= 15 is 0 Å². The van der Waals surface area contributed by atoms with E-state index in [1.54, 1.807) is 0 Å². The summed E-state index contributed by atoms with van der Waals surface area (Å²) < 4.78 is 2.19. The maximum atomic E-state index is 5.57. The number of rotatable bonds is 3. The van der Waals surface area contributed by atoms with Crippen molar-refractivity contribution in [3.63, 3.8) is 0 Å². The number of nitrogens with two attached hydrogens (primary N) is 1. The van der Waals surface area contributed by atoms with Crippen LogP contribution in [0, 0.1) is 5.92 Å². The van der Waals surface area contributed by atoms with Crippen LogP contribution in [0.1, 0.15) is 25.2 Å². The zero-order valence-electron chi connectivity index (χ0n) is 8.17. The van der Waals surface area contributed by atoms with E-state index in [4.69, 9.17) is 5.73 Å². The molecule has 12 heavy (non-hydrogen) atoms. The molecule has 0 amide bonds. The number of hydrogen-bond acceptors (Lipinski definition) is 1. The fraction of sp³-hybridized carbons (Fsp3) is 0.600. The first-order valence-electron chi connectivity index (χ1n) is 4.48. The second-order valence-electron chi connectivity index (χ2n) is 3.68. The molecule has 2 nitrogen and oxygen atoms in total. The van der Waals surface area contributed by atoms with Crippen molar-refractivity contribution in [2.45, 2.75) is 26.8 Å². The van der Waals surface area contributed by atoms with Crippen LogP contribution in [-0.4, -0.2) is 4.57 Å². The summed E-state index contributed by atoms with van der Waals surface area (Å²) in [6.45, 7) is 5.10. The summed E-state index contributed by atoms with van der Waals surface area (Å²) in [6, 6.07) is 4.28. The Morgan fingerprint density at radius 1 is 1.33 bits per heavy atom. The van der Waals surface area contributed by atoms with Crippen molar-refractivity contribution in [2.24, 2.45) is 18.7 Å². The van der Waals surface area contributed by atoms with Crippen molar-refractivity contribution in [1.82, 2.24) is 4.57 Å². The van der Waals surface area contributed by atoms with Crippen molar-refractivity contribution >= 4 is 0 Å². The molecule has 0 radical (unpaired) electrons. The van der Waals surface area contributed by atoms with Crippen molar-refractivity contribution < 1.29 is 0 Å². The van der Waals surface area contributed by atoms with E-state index < -0.39 is 0 Å². The van der Waals surface area contributed by atoms with Gasteiger partial charge in [-0.25, -0.2) is 0 Å². The average molecular weight is 166 g/mol. The molecule has 1 rings (SSSR count). The van der Waals surface area contributed by atoms with Gasteiger partial charge in [-0.15, -0.1) is 0 Å². The van der Waals surface area contributed by atoms with E-state index in [0.717, 1.165) is 6.42 Å². The first kappa shape index (κ1) is 9.33. The highest BCUT2D eigenvalue weighted by Gasteiger charge is 2.04. The SMILES string of the molecule is CC(C)Cc1ccc(CN)n1C. The maximum absolute atomic E-state index is 5.57. The molecule has 0 aromatic carbocycles. The maximum Gasteiger partial charge on any atom is 0.0334 e. The van der Waals surface area contributed by atoms with Crippen LogP contribution in [0.5, 0.6) is 0 Å². The van der Waals surface area contributed by atoms with Crippen LogP contribution in [0.25, 0.3) is 0 Å². The summed E-state index contributed by atoms with van der Waals surface area (Å²) in [5, 5.41) is 0. The van der Waals surface area contributed by atoms with Gasteiger partial charge in [0.1, 0.15) is 0 Å². The standard InChI is InChI=1S/C10H18N2/c1-8(2)6-9-4-5-10(7-11)12(9)3/h4-5,8H,6-7,11H2,1-3H3. The number of nitrogens with zero attached hydrogens (tertiary/aromatic N) is 1. The van der Waals surface area contributed by atoms with Gasteiger partial charge in [0.25, 0.3) is 0 Å². The molecule has 0 saturated heterocycles. The molecular weight excluding hydrogens is 148 g/mol. The van der Waals surface area contributed by atoms with Crippen molar-refractivity contribution in [3.05, 3.63) is 23.5 Å². The largest absolute Gasteiger partial charge is 0.350 e. The molecule has 68 valence electrons. The zero-order chi connectivity index (χ0) is 9.14. The first-order chi connectivity index (χ1) is 5.65. The lowest BCUT2D eigenvalue weighted by atomic mass is 10.1. The zero-order valence-corrected chi connectivity index (χ0v) is 8.17. The molecule has 0 unspecified atom stereocenters. The first-order valence-corrected chi connectivity index (χ1v) is 4.48. The van der Waals surface area contributed by atoms with Crippen LogP contribution in [0.3, 0.4) is 0 Å². The summed E-state index contributed by atoms with van der Waals surface area (Å²) in [5.74, 6) is 0.712. The van der Waals surface area contributed by atoms with Gasteiger partial charge in [0.15, 0.2) is 0 Å². The molecule has 0 fully saturated rings. The highest BCUT2D eigenvalue weighted by Crippen LogP contribution is 2.11. The summed E-state index contributed by atoms with van der Waals surface area (Å²) in [4.78, 5) is 0. The topological polar surface area (TPSA) is 30.9 Å². The molecule has 0 bridgehead atoms. The average Bonchev–Trinajstić information content (AvgIpc) is 2.32. The van der Waals surface area contributed by atoms with E-state index in [1.165, 1.54) is 11.4 Å². The minimum absolute atomic E-state index is 0.634. The Balaban J connectivity index is 2.80. The molecule has 0 saturated carbocycles. The molecular formula is C10H18N2. The van der Waals surface area contributed by atoms with Crippen molar-refractivity contribution in [1.29, 1.82) is 0 Å². The highest BCUT2D eigenvalue weighted by molar-refractivity contribution is 5.16. The van der Waals surface area contributed by atoms with Gasteiger partial charge < -0.3 is 10.3 Å². The van der Waals surface area contributed by atoms with Gasteiger partial charge in [-0.3, -0.25) is 0 Å². The minimum atomic E-state index is 0.634. The second-order valence-corrected chi connectivity index (χ2v) is 3.68. The third-order valence-corrected chi connectivity index (χ3v) is 2.16. The van der Waals surface area contributed by atoms with Crippen LogP contribution >= 0.6 is 0 Å². The van der Waals surface area contributed by atoms with Crippen LogP contribution in [0.15, 0.2) is 12.1 Å². The fourth-order valence-corrected chi connectivity index (χ4v) is 1.43. The smallest absolute Gasteiger partial charge is 0.0334 e. The quantitative estimate of drug-likeness (QED) is 0.727. The third kappa shape index (κ3) is 1.89. The minimum Gasteiger partial charge on any atom is -0.350 e. The van der Waals surface area contributed by atoms with Crippen molar-refractivity contribution in [3.8, 4) is 0 Å². The van der Waals surface area contributed by atoms with Gasteiger partial charge in [0.05, 0.1) is 0 Å². The van der Waals surface area contributed by atoms with E-state index in [0.29, 0.717) is 12.5 Å². The van der Waals surface area contributed by atoms with E-state index in [9.17, 15) is 0 Å². The molecule has 1 aromatic rings. The van der Waals surface area contributed by atoms with E-state index in [-0.39, 0.29) is 0 Å². The van der Waals surface area contributed by atoms with E-state index in [2.05, 4.69) is 37.6 Å². The highest BCUT2D eigenvalue weighted by atomic mass is 15.0. The normalized spacial score (nSPS) is 11.1. The Labute approximate surface area is 74.4 Å². The van der Waals surface area contributed by atoms with Gasteiger partial charge in [-0.1, -0.05) is 13.8 Å². The summed E-state index contributed by atoms with van der Waals surface area (Å²) >= 11 is 0. The lowest BCUT2D eigenvalue weighted by Crippen LogP contribution is -2.07. The van der Waals surface area contributed by atoms with Gasteiger partial charge in [0, 0.05) is 25.0 Å². The number of hydrogen-bond donors (Lipinski definition) is 1. The molecule has 2 N–H and O–H groups in total. The Morgan fingerprint density at radius 3 is 2.33 bits per heavy atom. The van der Waals surface area contributed by atoms with Crippen LogP contribution in [0.2, 0.25) is 0 Å². The molecule has 0 aliphatic carbocycles. The Kier molecular flexibility index (Phi) is 2.93. The van der Waals surface area contributed by atoms with Gasteiger partial charge in [0.2, 0.25) is 0 Å². The molecule has 0 aliphatic rings. The lowest BCUT2D eigenvalue weighted by Gasteiger charge is -2.08. The van der Waals surface area contributed by atoms with E-state index in [1.807, 2.05) is 0 Å². The summed E-state index contributed by atoms with van der Waals surface area (Å²) in [6.07, 6.45) is 1.14.